The second-order valence-electron chi connectivity index (χ2n) is 6.67. The van der Waals surface area contributed by atoms with Crippen LogP contribution in [-0.4, -0.2) is 93.5 Å². The average molecular weight is 370 g/mol. The number of aliphatic imine (C=N–C) groups is 1. The number of likely N-dealkylation sites (tertiary alicyclic amines) is 1. The summed E-state index contributed by atoms with van der Waals surface area (Å²) in [6.07, 6.45) is 2.68. The molecule has 0 saturated carbocycles. The Bertz CT molecular complexity index is 433. The Hall–Kier alpha value is -1.54. The maximum atomic E-state index is 11.8. The molecule has 0 spiro atoms. The summed E-state index contributed by atoms with van der Waals surface area (Å²) in [6.45, 7) is 12.3. The molecule has 8 heteroatoms. The summed E-state index contributed by atoms with van der Waals surface area (Å²) in [5.74, 6) is 0.879. The third-order valence-corrected chi connectivity index (χ3v) is 4.71. The largest absolute Gasteiger partial charge is 0.450 e. The molecular formula is C18H35N5O3. The van der Waals surface area contributed by atoms with Crippen molar-refractivity contribution in [2.45, 2.75) is 39.2 Å². The van der Waals surface area contributed by atoms with Crippen LogP contribution in [0.3, 0.4) is 0 Å². The van der Waals surface area contributed by atoms with Gasteiger partial charge in [0.15, 0.2) is 5.96 Å². The molecule has 0 aromatic rings. The highest BCUT2D eigenvalue weighted by Gasteiger charge is 2.24. The number of piperidine rings is 1. The van der Waals surface area contributed by atoms with E-state index in [1.54, 1.807) is 4.90 Å². The molecule has 1 amide bonds. The second-order valence-corrected chi connectivity index (χ2v) is 6.67. The minimum atomic E-state index is -0.199. The maximum absolute atomic E-state index is 11.8. The van der Waals surface area contributed by atoms with Crippen molar-refractivity contribution in [3.05, 3.63) is 0 Å². The molecule has 0 bridgehead atoms. The molecule has 2 N–H and O–H groups in total. The molecule has 0 aliphatic carbocycles. The quantitative estimate of drug-likeness (QED) is 0.394. The number of hydrogen-bond acceptors (Lipinski definition) is 5. The van der Waals surface area contributed by atoms with E-state index in [0.717, 1.165) is 84.2 Å². The molecule has 8 nitrogen and oxygen atoms in total. The Morgan fingerprint density at radius 1 is 1.19 bits per heavy atom. The zero-order valence-electron chi connectivity index (χ0n) is 16.3. The number of morpholine rings is 1. The Kier molecular flexibility index (Phi) is 9.55. The van der Waals surface area contributed by atoms with Gasteiger partial charge in [-0.3, -0.25) is 9.89 Å². The van der Waals surface area contributed by atoms with Gasteiger partial charge in [-0.05, 0) is 33.1 Å². The lowest BCUT2D eigenvalue weighted by atomic mass is 10.1. The minimum Gasteiger partial charge on any atom is -0.450 e. The normalized spacial score (nSPS) is 20.1. The predicted octanol–water partition coefficient (Wildman–Crippen LogP) is 0.885. The number of guanidine groups is 1. The van der Waals surface area contributed by atoms with Crippen LogP contribution in [0.5, 0.6) is 0 Å². The molecule has 0 aromatic heterocycles. The van der Waals surface area contributed by atoms with E-state index in [1.807, 2.05) is 6.92 Å². The highest BCUT2D eigenvalue weighted by atomic mass is 16.6. The molecule has 0 radical (unpaired) electrons. The van der Waals surface area contributed by atoms with Crippen LogP contribution in [0, 0.1) is 0 Å². The van der Waals surface area contributed by atoms with E-state index in [2.05, 4.69) is 22.5 Å². The Balaban J connectivity index is 1.69. The highest BCUT2D eigenvalue weighted by Crippen LogP contribution is 2.11. The zero-order chi connectivity index (χ0) is 18.6. The van der Waals surface area contributed by atoms with E-state index >= 15 is 0 Å². The molecule has 2 fully saturated rings. The number of amides is 1. The summed E-state index contributed by atoms with van der Waals surface area (Å²) in [6, 6.07) is 0.345. The van der Waals surface area contributed by atoms with Crippen molar-refractivity contribution < 1.29 is 14.3 Å². The second kappa shape index (κ2) is 12.0. The zero-order valence-corrected chi connectivity index (χ0v) is 16.3. The van der Waals surface area contributed by atoms with Crippen molar-refractivity contribution in [2.75, 3.05) is 65.6 Å². The lowest BCUT2D eigenvalue weighted by Crippen LogP contribution is -2.50. The van der Waals surface area contributed by atoms with E-state index in [4.69, 9.17) is 14.5 Å². The van der Waals surface area contributed by atoms with Crippen molar-refractivity contribution in [1.82, 2.24) is 20.4 Å². The number of rotatable bonds is 7. The number of carbonyl (C=O) groups is 1. The molecule has 2 rings (SSSR count). The fourth-order valence-corrected chi connectivity index (χ4v) is 3.24. The number of ether oxygens (including phenoxy) is 2. The molecule has 150 valence electrons. The third kappa shape index (κ3) is 7.37. The minimum absolute atomic E-state index is 0.199. The fraction of sp³-hybridized carbons (Fsp3) is 0.889. The van der Waals surface area contributed by atoms with Crippen molar-refractivity contribution in [2.24, 2.45) is 4.99 Å². The molecule has 2 aliphatic rings. The maximum Gasteiger partial charge on any atom is 0.409 e. The van der Waals surface area contributed by atoms with Crippen molar-refractivity contribution in [1.29, 1.82) is 0 Å². The van der Waals surface area contributed by atoms with Gasteiger partial charge in [0.05, 0.1) is 19.8 Å². The van der Waals surface area contributed by atoms with E-state index in [9.17, 15) is 4.79 Å². The summed E-state index contributed by atoms with van der Waals surface area (Å²) < 4.78 is 10.4. The molecule has 2 aliphatic heterocycles. The molecule has 2 saturated heterocycles. The van der Waals surface area contributed by atoms with Crippen LogP contribution < -0.4 is 10.6 Å². The summed E-state index contributed by atoms with van der Waals surface area (Å²) >= 11 is 0. The van der Waals surface area contributed by atoms with Gasteiger partial charge in [-0.15, -0.1) is 0 Å². The highest BCUT2D eigenvalue weighted by molar-refractivity contribution is 5.80. The molecule has 0 aromatic carbocycles. The van der Waals surface area contributed by atoms with Gasteiger partial charge < -0.3 is 25.0 Å². The van der Waals surface area contributed by atoms with Gasteiger partial charge in [0.25, 0.3) is 0 Å². The monoisotopic (exact) mass is 369 g/mol. The van der Waals surface area contributed by atoms with Gasteiger partial charge >= 0.3 is 6.09 Å². The summed E-state index contributed by atoms with van der Waals surface area (Å²) in [7, 11) is 0. The van der Waals surface area contributed by atoms with Crippen molar-refractivity contribution in [3.63, 3.8) is 0 Å². The van der Waals surface area contributed by atoms with Crippen LogP contribution in [-0.2, 0) is 9.47 Å². The molecule has 0 atom stereocenters. The van der Waals surface area contributed by atoms with Gasteiger partial charge in [0.2, 0.25) is 0 Å². The lowest BCUT2D eigenvalue weighted by Gasteiger charge is -2.32. The van der Waals surface area contributed by atoms with Gasteiger partial charge in [0, 0.05) is 51.9 Å². The smallest absolute Gasteiger partial charge is 0.409 e. The first-order valence-corrected chi connectivity index (χ1v) is 9.99. The first-order valence-electron chi connectivity index (χ1n) is 9.99. The lowest BCUT2D eigenvalue weighted by molar-refractivity contribution is 0.0377. The van der Waals surface area contributed by atoms with E-state index < -0.39 is 0 Å². The van der Waals surface area contributed by atoms with Crippen molar-refractivity contribution in [3.8, 4) is 0 Å². The number of carbonyl (C=O) groups excluding carboxylic acids is 1. The van der Waals surface area contributed by atoms with Crippen LogP contribution in [0.15, 0.2) is 4.99 Å². The molecule has 0 unspecified atom stereocenters. The predicted molar refractivity (Wildman–Crippen MR) is 103 cm³/mol. The summed E-state index contributed by atoms with van der Waals surface area (Å²) in [4.78, 5) is 20.7. The number of nitrogens with zero attached hydrogens (tertiary/aromatic N) is 3. The van der Waals surface area contributed by atoms with Crippen LogP contribution in [0.1, 0.15) is 33.1 Å². The number of nitrogens with one attached hydrogen (secondary N) is 2. The van der Waals surface area contributed by atoms with Crippen LogP contribution in [0.4, 0.5) is 4.79 Å². The van der Waals surface area contributed by atoms with Gasteiger partial charge in [-0.1, -0.05) is 0 Å². The topological polar surface area (TPSA) is 78.4 Å². The van der Waals surface area contributed by atoms with Gasteiger partial charge in [-0.2, -0.15) is 0 Å². The summed E-state index contributed by atoms with van der Waals surface area (Å²) in [5, 5.41) is 6.84. The SMILES string of the molecule is CCNC(=NCCCN1CCOCC1)NC1CCN(C(=O)OCC)CC1. The van der Waals surface area contributed by atoms with Gasteiger partial charge in [0.1, 0.15) is 0 Å². The van der Waals surface area contributed by atoms with E-state index in [1.165, 1.54) is 0 Å². The van der Waals surface area contributed by atoms with Crippen LogP contribution in [0.25, 0.3) is 0 Å². The first kappa shape index (κ1) is 20.8. The average Bonchev–Trinajstić information content (AvgIpc) is 2.67. The third-order valence-electron chi connectivity index (χ3n) is 4.71. The molecular weight excluding hydrogens is 334 g/mol. The van der Waals surface area contributed by atoms with Crippen LogP contribution in [0.2, 0.25) is 0 Å². The molecule has 2 heterocycles. The Morgan fingerprint density at radius 3 is 2.58 bits per heavy atom. The van der Waals surface area contributed by atoms with E-state index in [-0.39, 0.29) is 6.09 Å². The Labute approximate surface area is 157 Å². The summed E-state index contributed by atoms with van der Waals surface area (Å²) in [5.41, 5.74) is 0. The molecule has 26 heavy (non-hydrogen) atoms. The van der Waals surface area contributed by atoms with Crippen molar-refractivity contribution >= 4 is 12.1 Å². The first-order chi connectivity index (χ1) is 12.7. The van der Waals surface area contributed by atoms with Crippen LogP contribution >= 0.6 is 0 Å². The Morgan fingerprint density at radius 2 is 1.92 bits per heavy atom. The standard InChI is InChI=1S/C18H35N5O3/c1-3-19-17(20-8-5-9-22-12-14-25-15-13-22)21-16-6-10-23(11-7-16)18(24)26-4-2/h16H,3-15H2,1-2H3,(H2,19,20,21). The van der Waals surface area contributed by atoms with Gasteiger partial charge in [-0.25, -0.2) is 4.79 Å². The van der Waals surface area contributed by atoms with E-state index in [0.29, 0.717) is 12.6 Å². The number of hydrogen-bond donors (Lipinski definition) is 2. The fourth-order valence-electron chi connectivity index (χ4n) is 3.24.